The Hall–Kier alpha value is -1.31. The molecule has 0 saturated carbocycles. The van der Waals surface area contributed by atoms with E-state index in [1.54, 1.807) is 6.07 Å². The number of methoxy groups -OCH3 is 1. The first-order valence-corrected chi connectivity index (χ1v) is 7.95. The van der Waals surface area contributed by atoms with Gasteiger partial charge < -0.3 is 14.4 Å². The second kappa shape index (κ2) is 7.30. The lowest BCUT2D eigenvalue weighted by Gasteiger charge is -2.34. The number of rotatable bonds is 3. The van der Waals surface area contributed by atoms with Crippen LogP contribution in [0.2, 0.25) is 5.02 Å². The second-order valence-electron chi connectivity index (χ2n) is 4.84. The van der Waals surface area contributed by atoms with Crippen molar-refractivity contribution in [2.75, 3.05) is 31.8 Å². The van der Waals surface area contributed by atoms with Crippen LogP contribution in [-0.2, 0) is 14.3 Å². The van der Waals surface area contributed by atoms with Crippen LogP contribution in [0, 0.1) is 0 Å². The fraction of sp³-hybridized carbons (Fsp3) is 0.500. The van der Waals surface area contributed by atoms with E-state index in [2.05, 4.69) is 4.98 Å². The molecule has 1 atom stereocenters. The predicted molar refractivity (Wildman–Crippen MR) is 84.8 cm³/mol. The highest BCUT2D eigenvalue weighted by Gasteiger charge is 2.25. The van der Waals surface area contributed by atoms with Crippen molar-refractivity contribution in [1.29, 1.82) is 0 Å². The van der Waals surface area contributed by atoms with E-state index < -0.39 is 5.97 Å². The summed E-state index contributed by atoms with van der Waals surface area (Å²) >= 11 is 7.14. The van der Waals surface area contributed by atoms with E-state index >= 15 is 0 Å². The van der Waals surface area contributed by atoms with Crippen molar-refractivity contribution >= 4 is 40.3 Å². The third-order valence-corrected chi connectivity index (χ3v) is 4.52. The number of ether oxygens (including phenoxy) is 2. The molecule has 1 aromatic rings. The molecule has 120 valence electrons. The van der Waals surface area contributed by atoms with Crippen LogP contribution in [0.1, 0.15) is 24.3 Å². The number of thioether (sulfide) groups is 1. The molecule has 2 rings (SSSR count). The van der Waals surface area contributed by atoms with Crippen LogP contribution in [0.25, 0.3) is 0 Å². The summed E-state index contributed by atoms with van der Waals surface area (Å²) in [5.74, 6) is -0.0393. The maximum atomic E-state index is 12.0. The number of pyridine rings is 1. The number of carbonyl (C=O) groups is 2. The lowest BCUT2D eigenvalue weighted by molar-refractivity contribution is -0.109. The third kappa shape index (κ3) is 3.71. The van der Waals surface area contributed by atoms with Crippen molar-refractivity contribution in [2.24, 2.45) is 0 Å². The summed E-state index contributed by atoms with van der Waals surface area (Å²) in [6, 6.07) is 1.79. The van der Waals surface area contributed by atoms with Gasteiger partial charge >= 0.3 is 5.97 Å². The van der Waals surface area contributed by atoms with Gasteiger partial charge in [-0.2, -0.15) is 0 Å². The van der Waals surface area contributed by atoms with Crippen LogP contribution in [0.15, 0.2) is 11.0 Å². The Morgan fingerprint density at radius 1 is 1.55 bits per heavy atom. The fourth-order valence-corrected chi connectivity index (χ4v) is 3.15. The minimum Gasteiger partial charge on any atom is -0.464 e. The lowest BCUT2D eigenvalue weighted by atomic mass is 10.2. The largest absolute Gasteiger partial charge is 0.464 e. The summed E-state index contributed by atoms with van der Waals surface area (Å²) in [5, 5.41) is 0.130. The molecule has 1 aromatic heterocycles. The highest BCUT2D eigenvalue weighted by Crippen LogP contribution is 2.34. The Morgan fingerprint density at radius 2 is 2.27 bits per heavy atom. The van der Waals surface area contributed by atoms with E-state index in [1.165, 1.54) is 14.0 Å². The number of hydrogen-bond donors (Lipinski definition) is 0. The highest BCUT2D eigenvalue weighted by molar-refractivity contribution is 8.13. The van der Waals surface area contributed by atoms with Gasteiger partial charge in [0, 0.05) is 19.5 Å². The van der Waals surface area contributed by atoms with E-state index in [1.807, 2.05) is 11.8 Å². The topological polar surface area (TPSA) is 68.7 Å². The Morgan fingerprint density at radius 3 is 2.86 bits per heavy atom. The van der Waals surface area contributed by atoms with Gasteiger partial charge in [-0.15, -0.1) is 0 Å². The van der Waals surface area contributed by atoms with Gasteiger partial charge in [0.2, 0.25) is 0 Å². The van der Waals surface area contributed by atoms with Gasteiger partial charge in [-0.1, -0.05) is 11.6 Å². The highest BCUT2D eigenvalue weighted by atomic mass is 35.5. The minimum absolute atomic E-state index is 0.0592. The first kappa shape index (κ1) is 17.1. The van der Waals surface area contributed by atoms with E-state index in [4.69, 9.17) is 21.1 Å². The predicted octanol–water partition coefficient (Wildman–Crippen LogP) is 2.39. The summed E-state index contributed by atoms with van der Waals surface area (Å²) in [6.07, 6.45) is 0. The van der Waals surface area contributed by atoms with Crippen molar-refractivity contribution in [3.8, 4) is 0 Å². The molecule has 0 unspecified atom stereocenters. The maximum absolute atomic E-state index is 12.0. The zero-order valence-electron chi connectivity index (χ0n) is 12.6. The summed E-state index contributed by atoms with van der Waals surface area (Å²) < 4.78 is 10.2. The molecule has 1 aliphatic rings. The summed E-state index contributed by atoms with van der Waals surface area (Å²) in [4.78, 5) is 30.1. The van der Waals surface area contributed by atoms with Gasteiger partial charge in [-0.25, -0.2) is 9.78 Å². The van der Waals surface area contributed by atoms with Crippen LogP contribution in [0.3, 0.4) is 0 Å². The van der Waals surface area contributed by atoms with Crippen LogP contribution >= 0.6 is 23.4 Å². The Bertz CT molecular complexity index is 596. The number of esters is 1. The zero-order chi connectivity index (χ0) is 16.3. The van der Waals surface area contributed by atoms with Crippen LogP contribution < -0.4 is 4.90 Å². The molecule has 0 bridgehead atoms. The number of carbonyl (C=O) groups excluding carboxylic acids is 2. The molecule has 0 aliphatic carbocycles. The smallest absolute Gasteiger partial charge is 0.357 e. The van der Waals surface area contributed by atoms with Gasteiger partial charge in [0.15, 0.2) is 10.8 Å². The number of hydrogen-bond acceptors (Lipinski definition) is 7. The van der Waals surface area contributed by atoms with E-state index in [0.29, 0.717) is 35.5 Å². The number of halogens is 1. The Balaban J connectivity index is 2.47. The number of nitrogens with zero attached hydrogens (tertiary/aromatic N) is 2. The minimum atomic E-state index is -0.617. The van der Waals surface area contributed by atoms with E-state index in [9.17, 15) is 9.59 Å². The standard InChI is InChI=1S/C14H17ClN2O4S/c1-8-7-21-5-4-17(8)11-6-10(15)13(22-9(2)18)12(16-11)14(19)20-3/h6,8H,4-5,7H2,1-3H3/t8-/m1/s1. The van der Waals surface area contributed by atoms with Crippen molar-refractivity contribution in [2.45, 2.75) is 24.8 Å². The average Bonchev–Trinajstić information content (AvgIpc) is 2.48. The molecule has 1 aliphatic heterocycles. The molecule has 0 spiro atoms. The number of morpholine rings is 1. The molecule has 6 nitrogen and oxygen atoms in total. The van der Waals surface area contributed by atoms with Crippen molar-refractivity contribution < 1.29 is 19.1 Å². The monoisotopic (exact) mass is 344 g/mol. The van der Waals surface area contributed by atoms with Gasteiger partial charge in [-0.3, -0.25) is 4.79 Å². The maximum Gasteiger partial charge on any atom is 0.357 e. The van der Waals surface area contributed by atoms with E-state index in [0.717, 1.165) is 11.8 Å². The quantitative estimate of drug-likeness (QED) is 0.616. The molecule has 1 fully saturated rings. The number of aromatic nitrogens is 1. The third-order valence-electron chi connectivity index (χ3n) is 3.20. The Labute approximate surface area is 138 Å². The summed E-state index contributed by atoms with van der Waals surface area (Å²) in [6.45, 7) is 5.23. The van der Waals surface area contributed by atoms with Gasteiger partial charge in [0.25, 0.3) is 0 Å². The molecule has 8 heteroatoms. The molecule has 0 amide bonds. The molecule has 0 N–H and O–H groups in total. The molecule has 2 heterocycles. The summed E-state index contributed by atoms with van der Waals surface area (Å²) in [7, 11) is 1.27. The molecular weight excluding hydrogens is 328 g/mol. The lowest BCUT2D eigenvalue weighted by Crippen LogP contribution is -2.44. The van der Waals surface area contributed by atoms with Gasteiger partial charge in [-0.05, 0) is 18.7 Å². The van der Waals surface area contributed by atoms with Crippen LogP contribution in [0.5, 0.6) is 0 Å². The average molecular weight is 345 g/mol. The molecule has 22 heavy (non-hydrogen) atoms. The van der Waals surface area contributed by atoms with Crippen LogP contribution in [-0.4, -0.2) is 49.0 Å². The molecule has 0 radical (unpaired) electrons. The van der Waals surface area contributed by atoms with E-state index in [-0.39, 0.29) is 16.9 Å². The second-order valence-corrected chi connectivity index (χ2v) is 6.44. The fourth-order valence-electron chi connectivity index (χ4n) is 2.18. The first-order chi connectivity index (χ1) is 10.4. The molecular formula is C14H17ClN2O4S. The van der Waals surface area contributed by atoms with Crippen molar-refractivity contribution in [1.82, 2.24) is 4.98 Å². The normalized spacial score (nSPS) is 18.2. The summed E-state index contributed by atoms with van der Waals surface area (Å²) in [5.41, 5.74) is 0.0592. The van der Waals surface area contributed by atoms with Gasteiger partial charge in [0.05, 0.1) is 36.3 Å². The number of anilines is 1. The zero-order valence-corrected chi connectivity index (χ0v) is 14.2. The molecule has 1 saturated heterocycles. The molecule has 0 aromatic carbocycles. The van der Waals surface area contributed by atoms with Crippen molar-refractivity contribution in [3.05, 3.63) is 16.8 Å². The first-order valence-electron chi connectivity index (χ1n) is 6.75. The van der Waals surface area contributed by atoms with Crippen LogP contribution in [0.4, 0.5) is 5.82 Å². The van der Waals surface area contributed by atoms with Gasteiger partial charge in [0.1, 0.15) is 5.82 Å². The SMILES string of the molecule is COC(=O)c1nc(N2CCOC[C@H]2C)cc(Cl)c1SC(C)=O. The Kier molecular flexibility index (Phi) is 5.66. The van der Waals surface area contributed by atoms with Crippen molar-refractivity contribution in [3.63, 3.8) is 0 Å².